The third-order valence-electron chi connectivity index (χ3n) is 2.22. The standard InChI is InChI=1S/C12H10N2O2/c15-12(16)9-14-7-3-11(4-8-14)10-1-5-13-6-2-10/h1-8H,9H2. The second-order valence-corrected chi connectivity index (χ2v) is 3.37. The largest absolute Gasteiger partial charge is 0.544 e. The van der Waals surface area contributed by atoms with Crippen LogP contribution in [0.1, 0.15) is 0 Å². The summed E-state index contributed by atoms with van der Waals surface area (Å²) in [4.78, 5) is 14.3. The van der Waals surface area contributed by atoms with Crippen molar-refractivity contribution in [3.63, 3.8) is 0 Å². The fraction of sp³-hybridized carbons (Fsp3) is 0.0833. The fourth-order valence-corrected chi connectivity index (χ4v) is 1.45. The molecule has 2 aromatic rings. The molecule has 0 aliphatic carbocycles. The number of nitrogens with zero attached hydrogens (tertiary/aromatic N) is 2. The molecule has 2 heterocycles. The molecule has 0 amide bonds. The van der Waals surface area contributed by atoms with Crippen LogP contribution in [0.25, 0.3) is 11.1 Å². The van der Waals surface area contributed by atoms with E-state index >= 15 is 0 Å². The molecule has 2 rings (SSSR count). The second-order valence-electron chi connectivity index (χ2n) is 3.37. The van der Waals surface area contributed by atoms with Crippen LogP contribution in [0.3, 0.4) is 0 Å². The zero-order valence-electron chi connectivity index (χ0n) is 8.54. The number of carbonyl (C=O) groups excluding carboxylic acids is 1. The number of pyridine rings is 2. The SMILES string of the molecule is O=C([O-])C[n+]1ccc(-c2ccncc2)cc1. The van der Waals surface area contributed by atoms with E-state index in [0.29, 0.717) is 0 Å². The number of hydrogen-bond donors (Lipinski definition) is 0. The molecule has 0 spiro atoms. The number of carbonyl (C=O) groups is 1. The van der Waals surface area contributed by atoms with Gasteiger partial charge in [0.05, 0.1) is 0 Å². The third kappa shape index (κ3) is 2.42. The molecule has 0 radical (unpaired) electrons. The van der Waals surface area contributed by atoms with E-state index < -0.39 is 5.97 Å². The van der Waals surface area contributed by atoms with Gasteiger partial charge in [-0.2, -0.15) is 4.57 Å². The Labute approximate surface area is 92.8 Å². The Morgan fingerprint density at radius 3 is 2.25 bits per heavy atom. The predicted octanol–water partition coefficient (Wildman–Crippen LogP) is -0.214. The van der Waals surface area contributed by atoms with Gasteiger partial charge in [0.1, 0.15) is 5.97 Å². The summed E-state index contributed by atoms with van der Waals surface area (Å²) in [6, 6.07) is 7.52. The minimum atomic E-state index is -1.10. The second kappa shape index (κ2) is 4.53. The van der Waals surface area contributed by atoms with Crippen LogP contribution in [0.4, 0.5) is 0 Å². The highest BCUT2D eigenvalue weighted by molar-refractivity contribution is 5.63. The lowest BCUT2D eigenvalue weighted by Gasteiger charge is -2.01. The number of aliphatic carboxylic acids is 1. The summed E-state index contributed by atoms with van der Waals surface area (Å²) in [5, 5.41) is 10.4. The Hall–Kier alpha value is -2.23. The van der Waals surface area contributed by atoms with Crippen molar-refractivity contribution < 1.29 is 14.5 Å². The summed E-state index contributed by atoms with van der Waals surface area (Å²) < 4.78 is 1.56. The van der Waals surface area contributed by atoms with Gasteiger partial charge in [0, 0.05) is 24.5 Å². The highest BCUT2D eigenvalue weighted by atomic mass is 16.4. The fourth-order valence-electron chi connectivity index (χ4n) is 1.45. The highest BCUT2D eigenvalue weighted by Gasteiger charge is 2.02. The summed E-state index contributed by atoms with van der Waals surface area (Å²) >= 11 is 0. The highest BCUT2D eigenvalue weighted by Crippen LogP contribution is 2.15. The molecule has 0 aliphatic rings. The van der Waals surface area contributed by atoms with E-state index in [-0.39, 0.29) is 6.54 Å². The van der Waals surface area contributed by atoms with Crippen LogP contribution in [0.2, 0.25) is 0 Å². The zero-order valence-corrected chi connectivity index (χ0v) is 8.54. The maximum absolute atomic E-state index is 10.4. The van der Waals surface area contributed by atoms with Gasteiger partial charge in [0.15, 0.2) is 18.9 Å². The van der Waals surface area contributed by atoms with Crippen molar-refractivity contribution in [2.24, 2.45) is 0 Å². The lowest BCUT2D eigenvalue weighted by Crippen LogP contribution is -2.43. The Morgan fingerprint density at radius 2 is 1.69 bits per heavy atom. The molecule has 0 fully saturated rings. The first-order valence-corrected chi connectivity index (χ1v) is 4.85. The van der Waals surface area contributed by atoms with Crippen molar-refractivity contribution >= 4 is 5.97 Å². The summed E-state index contributed by atoms with van der Waals surface area (Å²) in [6.45, 7) is -0.128. The minimum Gasteiger partial charge on any atom is -0.544 e. The van der Waals surface area contributed by atoms with Gasteiger partial charge < -0.3 is 9.90 Å². The van der Waals surface area contributed by atoms with Crippen LogP contribution in [-0.2, 0) is 11.3 Å². The molecular formula is C12H10N2O2. The van der Waals surface area contributed by atoms with Gasteiger partial charge in [-0.1, -0.05) is 0 Å². The van der Waals surface area contributed by atoms with Gasteiger partial charge in [-0.25, -0.2) is 0 Å². The van der Waals surface area contributed by atoms with Crippen molar-refractivity contribution in [1.82, 2.24) is 4.98 Å². The summed E-state index contributed by atoms with van der Waals surface area (Å²) in [6.07, 6.45) is 6.87. The summed E-state index contributed by atoms with van der Waals surface area (Å²) in [7, 11) is 0. The smallest absolute Gasteiger partial charge is 0.187 e. The Kier molecular flexibility index (Phi) is 2.91. The molecule has 0 saturated carbocycles. The molecule has 0 bridgehead atoms. The van der Waals surface area contributed by atoms with Crippen molar-refractivity contribution in [2.45, 2.75) is 6.54 Å². The molecule has 0 N–H and O–H groups in total. The van der Waals surface area contributed by atoms with Crippen LogP contribution >= 0.6 is 0 Å². The van der Waals surface area contributed by atoms with Crippen LogP contribution in [0.15, 0.2) is 49.1 Å². The van der Waals surface area contributed by atoms with Gasteiger partial charge in [-0.05, 0) is 23.3 Å². The molecule has 16 heavy (non-hydrogen) atoms. The first-order chi connectivity index (χ1) is 7.75. The van der Waals surface area contributed by atoms with E-state index in [1.165, 1.54) is 0 Å². The van der Waals surface area contributed by atoms with Crippen LogP contribution < -0.4 is 9.67 Å². The number of carboxylic acid groups (broad SMARTS) is 1. The van der Waals surface area contributed by atoms with Crippen LogP contribution in [-0.4, -0.2) is 11.0 Å². The normalized spacial score (nSPS) is 10.0. The predicted molar refractivity (Wildman–Crippen MR) is 54.9 cm³/mol. The molecule has 80 valence electrons. The summed E-state index contributed by atoms with van der Waals surface area (Å²) in [5.41, 5.74) is 2.08. The van der Waals surface area contributed by atoms with Gasteiger partial charge in [-0.15, -0.1) is 0 Å². The van der Waals surface area contributed by atoms with Crippen LogP contribution in [0, 0.1) is 0 Å². The van der Waals surface area contributed by atoms with E-state index in [9.17, 15) is 9.90 Å². The maximum Gasteiger partial charge on any atom is 0.187 e. The third-order valence-corrected chi connectivity index (χ3v) is 2.22. The Balaban J connectivity index is 2.23. The summed E-state index contributed by atoms with van der Waals surface area (Å²) in [5.74, 6) is -1.10. The zero-order chi connectivity index (χ0) is 11.4. The van der Waals surface area contributed by atoms with Crippen LogP contribution in [0.5, 0.6) is 0 Å². The lowest BCUT2D eigenvalue weighted by atomic mass is 10.1. The van der Waals surface area contributed by atoms with E-state index in [1.807, 2.05) is 24.3 Å². The van der Waals surface area contributed by atoms with Gasteiger partial charge in [0.25, 0.3) is 0 Å². The molecule has 4 nitrogen and oxygen atoms in total. The van der Waals surface area contributed by atoms with E-state index in [1.54, 1.807) is 29.4 Å². The Bertz CT molecular complexity index is 480. The number of carboxylic acids is 1. The first kappa shape index (κ1) is 10.3. The van der Waals surface area contributed by atoms with Crippen molar-refractivity contribution in [3.05, 3.63) is 49.1 Å². The molecule has 0 saturated heterocycles. The lowest BCUT2D eigenvalue weighted by molar-refractivity contribution is -0.690. The van der Waals surface area contributed by atoms with Gasteiger partial charge in [-0.3, -0.25) is 4.98 Å². The molecule has 0 atom stereocenters. The van der Waals surface area contributed by atoms with Crippen molar-refractivity contribution in [2.75, 3.05) is 0 Å². The monoisotopic (exact) mass is 214 g/mol. The number of rotatable bonds is 3. The van der Waals surface area contributed by atoms with Crippen molar-refractivity contribution in [3.8, 4) is 11.1 Å². The molecule has 2 aromatic heterocycles. The van der Waals surface area contributed by atoms with Gasteiger partial charge in [0.2, 0.25) is 0 Å². The first-order valence-electron chi connectivity index (χ1n) is 4.85. The number of aromatic nitrogens is 2. The maximum atomic E-state index is 10.4. The average molecular weight is 214 g/mol. The average Bonchev–Trinajstić information content (AvgIpc) is 2.30. The van der Waals surface area contributed by atoms with Gasteiger partial charge >= 0.3 is 0 Å². The quantitative estimate of drug-likeness (QED) is 0.664. The minimum absolute atomic E-state index is 0.128. The molecule has 4 heteroatoms. The molecule has 0 aliphatic heterocycles. The van der Waals surface area contributed by atoms with E-state index in [4.69, 9.17) is 0 Å². The van der Waals surface area contributed by atoms with Crippen molar-refractivity contribution in [1.29, 1.82) is 0 Å². The number of hydrogen-bond acceptors (Lipinski definition) is 3. The van der Waals surface area contributed by atoms with E-state index in [0.717, 1.165) is 11.1 Å². The Morgan fingerprint density at radius 1 is 1.12 bits per heavy atom. The molecule has 0 aromatic carbocycles. The topological polar surface area (TPSA) is 56.9 Å². The molecule has 0 unspecified atom stereocenters. The van der Waals surface area contributed by atoms with E-state index in [2.05, 4.69) is 4.98 Å². The molecular weight excluding hydrogens is 204 g/mol.